The van der Waals surface area contributed by atoms with Gasteiger partial charge < -0.3 is 10.2 Å². The lowest BCUT2D eigenvalue weighted by atomic mass is 9.50. The summed E-state index contributed by atoms with van der Waals surface area (Å²) in [5.41, 5.74) is -2.24. The normalized spacial score (nSPS) is 24.7. The van der Waals surface area contributed by atoms with Gasteiger partial charge in [-0.2, -0.15) is 0 Å². The summed E-state index contributed by atoms with van der Waals surface area (Å²) in [5, 5.41) is 20.2. The van der Waals surface area contributed by atoms with Gasteiger partial charge in [0.05, 0.1) is 10.8 Å². The van der Waals surface area contributed by atoms with Gasteiger partial charge in [-0.3, -0.25) is 9.59 Å². The second kappa shape index (κ2) is 13.3. The van der Waals surface area contributed by atoms with E-state index in [4.69, 9.17) is 0 Å². The minimum atomic E-state index is -1.13. The van der Waals surface area contributed by atoms with Crippen LogP contribution in [-0.2, 0) is 9.59 Å². The topological polar surface area (TPSA) is 74.6 Å². The minimum absolute atomic E-state index is 0.172. The van der Waals surface area contributed by atoms with Crippen molar-refractivity contribution in [1.82, 2.24) is 0 Å². The Kier molecular flexibility index (Phi) is 11.9. The summed E-state index contributed by atoms with van der Waals surface area (Å²) in [6.07, 6.45) is 18.0. The van der Waals surface area contributed by atoms with E-state index < -0.39 is 22.8 Å². The Balaban J connectivity index is 2.43. The minimum Gasteiger partial charge on any atom is -0.481 e. The van der Waals surface area contributed by atoms with Gasteiger partial charge in [0.15, 0.2) is 0 Å². The average molecular weight is 411 g/mol. The lowest BCUT2D eigenvalue weighted by molar-refractivity contribution is -0.187. The molecular weight excluding hydrogens is 364 g/mol. The Morgan fingerprint density at radius 2 is 1.17 bits per heavy atom. The van der Waals surface area contributed by atoms with Crippen LogP contribution in [0, 0.1) is 16.7 Å². The standard InChI is InChI=1S/C25H46O4/c1-4-5-6-7-8-9-10-11-12-13-14-15-18-24(22(26)27)19-16-17-20-25(24,21(2)3)23(28)29/h21H,4-20H2,1-3H3,(H,26,27)(H,28,29). The fraction of sp³-hybridized carbons (Fsp3) is 0.920. The first kappa shape index (κ1) is 26.0. The molecule has 0 amide bonds. The van der Waals surface area contributed by atoms with E-state index in [1.165, 1.54) is 57.8 Å². The summed E-state index contributed by atoms with van der Waals surface area (Å²) in [6, 6.07) is 0. The maximum atomic E-state index is 12.4. The van der Waals surface area contributed by atoms with Crippen LogP contribution in [0.15, 0.2) is 0 Å². The van der Waals surface area contributed by atoms with Gasteiger partial charge in [0.2, 0.25) is 0 Å². The van der Waals surface area contributed by atoms with Crippen molar-refractivity contribution in [2.24, 2.45) is 16.7 Å². The molecule has 1 aliphatic carbocycles. The summed E-state index contributed by atoms with van der Waals surface area (Å²) in [4.78, 5) is 24.7. The van der Waals surface area contributed by atoms with Crippen LogP contribution in [0.1, 0.15) is 130 Å². The van der Waals surface area contributed by atoms with Gasteiger partial charge in [-0.05, 0) is 25.2 Å². The first-order valence-corrected chi connectivity index (χ1v) is 12.3. The largest absolute Gasteiger partial charge is 0.481 e. The monoisotopic (exact) mass is 410 g/mol. The van der Waals surface area contributed by atoms with Crippen molar-refractivity contribution in [1.29, 1.82) is 0 Å². The highest BCUT2D eigenvalue weighted by Crippen LogP contribution is 2.58. The van der Waals surface area contributed by atoms with E-state index in [9.17, 15) is 19.8 Å². The number of aliphatic carboxylic acids is 2. The zero-order chi connectivity index (χ0) is 21.8. The van der Waals surface area contributed by atoms with Crippen molar-refractivity contribution in [2.75, 3.05) is 0 Å². The highest BCUT2D eigenvalue weighted by molar-refractivity contribution is 5.87. The molecule has 0 bridgehead atoms. The van der Waals surface area contributed by atoms with Crippen LogP contribution in [0.3, 0.4) is 0 Å². The third-order valence-corrected chi connectivity index (χ3v) is 7.51. The lowest BCUT2D eigenvalue weighted by Gasteiger charge is -2.51. The van der Waals surface area contributed by atoms with Crippen LogP contribution in [-0.4, -0.2) is 22.2 Å². The number of carboxylic acids is 2. The van der Waals surface area contributed by atoms with Gasteiger partial charge in [-0.1, -0.05) is 111 Å². The van der Waals surface area contributed by atoms with Crippen LogP contribution >= 0.6 is 0 Å². The first-order valence-electron chi connectivity index (χ1n) is 12.3. The Morgan fingerprint density at radius 1 is 0.724 bits per heavy atom. The first-order chi connectivity index (χ1) is 13.8. The number of carbonyl (C=O) groups is 2. The number of unbranched alkanes of at least 4 members (excludes halogenated alkanes) is 11. The second-order valence-electron chi connectivity index (χ2n) is 9.66. The molecule has 1 aliphatic rings. The molecule has 0 spiro atoms. The smallest absolute Gasteiger partial charge is 0.311 e. The molecule has 2 atom stereocenters. The highest BCUT2D eigenvalue weighted by atomic mass is 16.4. The third-order valence-electron chi connectivity index (χ3n) is 7.51. The second-order valence-corrected chi connectivity index (χ2v) is 9.66. The zero-order valence-electron chi connectivity index (χ0n) is 19.3. The molecule has 0 heterocycles. The zero-order valence-corrected chi connectivity index (χ0v) is 19.3. The quantitative estimate of drug-likeness (QED) is 0.259. The SMILES string of the molecule is CCCCCCCCCCCCCCC1(C(=O)O)CCCCC1(C(=O)O)C(C)C. The Labute approximate surface area is 178 Å². The molecule has 0 radical (unpaired) electrons. The third kappa shape index (κ3) is 6.72. The highest BCUT2D eigenvalue weighted by Gasteiger charge is 2.63. The van der Waals surface area contributed by atoms with Crippen molar-refractivity contribution < 1.29 is 19.8 Å². The molecule has 170 valence electrons. The molecule has 2 unspecified atom stereocenters. The summed E-state index contributed by atoms with van der Waals surface area (Å²) in [5.74, 6) is -1.97. The maximum absolute atomic E-state index is 12.4. The van der Waals surface area contributed by atoms with E-state index in [0.29, 0.717) is 19.3 Å². The number of hydrogen-bond acceptors (Lipinski definition) is 2. The van der Waals surface area contributed by atoms with E-state index in [0.717, 1.165) is 32.1 Å². The molecule has 1 saturated carbocycles. The number of hydrogen-bond donors (Lipinski definition) is 2. The molecule has 4 nitrogen and oxygen atoms in total. The van der Waals surface area contributed by atoms with Crippen molar-refractivity contribution in [3.8, 4) is 0 Å². The predicted octanol–water partition coefficient (Wildman–Crippen LogP) is 7.45. The molecule has 0 aromatic rings. The average Bonchev–Trinajstić information content (AvgIpc) is 2.68. The summed E-state index contributed by atoms with van der Waals surface area (Å²) < 4.78 is 0. The molecular formula is C25H46O4. The molecule has 0 aromatic heterocycles. The Bertz CT molecular complexity index is 487. The van der Waals surface area contributed by atoms with Crippen LogP contribution in [0.2, 0.25) is 0 Å². The van der Waals surface area contributed by atoms with Crippen LogP contribution in [0.5, 0.6) is 0 Å². The van der Waals surface area contributed by atoms with Crippen LogP contribution in [0.4, 0.5) is 0 Å². The van der Waals surface area contributed by atoms with Crippen molar-refractivity contribution in [3.63, 3.8) is 0 Å². The fourth-order valence-corrected chi connectivity index (χ4v) is 5.71. The van der Waals surface area contributed by atoms with Crippen LogP contribution < -0.4 is 0 Å². The van der Waals surface area contributed by atoms with E-state index in [1.807, 2.05) is 13.8 Å². The Morgan fingerprint density at radius 3 is 1.59 bits per heavy atom. The molecule has 1 fully saturated rings. The van der Waals surface area contributed by atoms with Gasteiger partial charge >= 0.3 is 11.9 Å². The molecule has 2 N–H and O–H groups in total. The van der Waals surface area contributed by atoms with Gasteiger partial charge in [0.1, 0.15) is 0 Å². The number of carboxylic acid groups (broad SMARTS) is 2. The van der Waals surface area contributed by atoms with E-state index in [-0.39, 0.29) is 5.92 Å². The predicted molar refractivity (Wildman–Crippen MR) is 119 cm³/mol. The fourth-order valence-electron chi connectivity index (χ4n) is 5.71. The van der Waals surface area contributed by atoms with E-state index >= 15 is 0 Å². The van der Waals surface area contributed by atoms with Gasteiger partial charge in [0, 0.05) is 0 Å². The van der Waals surface area contributed by atoms with Gasteiger partial charge in [0.25, 0.3) is 0 Å². The maximum Gasteiger partial charge on any atom is 0.311 e. The molecule has 4 heteroatoms. The van der Waals surface area contributed by atoms with Crippen molar-refractivity contribution in [2.45, 2.75) is 130 Å². The summed E-state index contributed by atoms with van der Waals surface area (Å²) in [6.45, 7) is 6.02. The molecule has 29 heavy (non-hydrogen) atoms. The summed E-state index contributed by atoms with van der Waals surface area (Å²) in [7, 11) is 0. The molecule has 0 aliphatic heterocycles. The molecule has 1 rings (SSSR count). The van der Waals surface area contributed by atoms with Crippen LogP contribution in [0.25, 0.3) is 0 Å². The van der Waals surface area contributed by atoms with Crippen molar-refractivity contribution in [3.05, 3.63) is 0 Å². The van der Waals surface area contributed by atoms with Crippen molar-refractivity contribution >= 4 is 11.9 Å². The summed E-state index contributed by atoms with van der Waals surface area (Å²) >= 11 is 0. The van der Waals surface area contributed by atoms with Gasteiger partial charge in [-0.25, -0.2) is 0 Å². The molecule has 0 aromatic carbocycles. The van der Waals surface area contributed by atoms with Gasteiger partial charge in [-0.15, -0.1) is 0 Å². The van der Waals surface area contributed by atoms with E-state index in [1.54, 1.807) is 0 Å². The van der Waals surface area contributed by atoms with E-state index in [2.05, 4.69) is 6.92 Å². The Hall–Kier alpha value is -1.06. The number of rotatable bonds is 16. The molecule has 0 saturated heterocycles. The lowest BCUT2D eigenvalue weighted by Crippen LogP contribution is -2.57.